The van der Waals surface area contributed by atoms with Crippen molar-refractivity contribution in [3.63, 3.8) is 0 Å². The summed E-state index contributed by atoms with van der Waals surface area (Å²) >= 11 is 0. The number of hydrogen-bond acceptors (Lipinski definition) is 8. The molecule has 31 heavy (non-hydrogen) atoms. The van der Waals surface area contributed by atoms with E-state index in [0.717, 1.165) is 11.8 Å². The molecule has 0 saturated heterocycles. The molecule has 0 radical (unpaired) electrons. The van der Waals surface area contributed by atoms with E-state index in [1.807, 2.05) is 30.3 Å². The third-order valence-electron chi connectivity index (χ3n) is 4.79. The Morgan fingerprint density at radius 2 is 1.77 bits per heavy atom. The van der Waals surface area contributed by atoms with Crippen LogP contribution in [0.3, 0.4) is 0 Å². The van der Waals surface area contributed by atoms with Crippen LogP contribution in [-0.4, -0.2) is 48.6 Å². The number of ether oxygens (including phenoxy) is 2. The maximum atomic E-state index is 12.3. The van der Waals surface area contributed by atoms with Gasteiger partial charge in [-0.3, -0.25) is 0 Å². The lowest BCUT2D eigenvalue weighted by Crippen LogP contribution is -2.06. The molecule has 10 heteroatoms. The number of anilines is 1. The van der Waals surface area contributed by atoms with E-state index in [1.54, 1.807) is 22.9 Å². The molecule has 0 unspecified atom stereocenters. The Kier molecular flexibility index (Phi) is 5.24. The van der Waals surface area contributed by atoms with Gasteiger partial charge in [-0.25, -0.2) is 18.1 Å². The summed E-state index contributed by atoms with van der Waals surface area (Å²) in [7, 11) is -0.653. The van der Waals surface area contributed by atoms with E-state index in [4.69, 9.17) is 15.2 Å². The van der Waals surface area contributed by atoms with Crippen LogP contribution in [0.5, 0.6) is 11.5 Å². The van der Waals surface area contributed by atoms with Gasteiger partial charge in [0.15, 0.2) is 5.65 Å². The van der Waals surface area contributed by atoms with Crippen LogP contribution in [0.15, 0.2) is 53.7 Å². The highest BCUT2D eigenvalue weighted by atomic mass is 32.2. The van der Waals surface area contributed by atoms with Crippen molar-refractivity contribution in [2.45, 2.75) is 11.7 Å². The van der Waals surface area contributed by atoms with E-state index < -0.39 is 9.84 Å². The number of nitrogen functional groups attached to an aromatic ring is 1. The van der Waals surface area contributed by atoms with Crippen molar-refractivity contribution in [2.75, 3.05) is 26.2 Å². The normalized spacial score (nSPS) is 11.6. The number of benzene rings is 2. The Balaban J connectivity index is 2.02. The van der Waals surface area contributed by atoms with E-state index >= 15 is 0 Å². The molecule has 0 aliphatic heterocycles. The quantitative estimate of drug-likeness (QED) is 0.455. The summed E-state index contributed by atoms with van der Waals surface area (Å²) in [5.74, 6) is 1.35. The fourth-order valence-electron chi connectivity index (χ4n) is 3.27. The second-order valence-corrected chi connectivity index (χ2v) is 8.83. The van der Waals surface area contributed by atoms with Gasteiger partial charge in [-0.1, -0.05) is 30.3 Å². The van der Waals surface area contributed by atoms with Crippen molar-refractivity contribution in [1.29, 1.82) is 0 Å². The van der Waals surface area contributed by atoms with Gasteiger partial charge in [-0.15, -0.1) is 5.10 Å². The Morgan fingerprint density at radius 1 is 1.03 bits per heavy atom. The minimum atomic E-state index is -3.71. The lowest BCUT2D eigenvalue weighted by atomic mass is 10.1. The molecule has 0 amide bonds. The highest BCUT2D eigenvalue weighted by Crippen LogP contribution is 2.38. The van der Waals surface area contributed by atoms with Crippen LogP contribution in [0.2, 0.25) is 0 Å². The van der Waals surface area contributed by atoms with Crippen molar-refractivity contribution in [1.82, 2.24) is 19.7 Å². The summed E-state index contributed by atoms with van der Waals surface area (Å²) in [6.07, 6.45) is 1.05. The molecule has 0 aliphatic rings. The smallest absolute Gasteiger partial charge is 0.249 e. The van der Waals surface area contributed by atoms with Gasteiger partial charge in [0.25, 0.3) is 0 Å². The molecular weight excluding hydrogens is 418 g/mol. The Bertz CT molecular complexity index is 1370. The number of nitrogens with zero attached hydrogens (tertiary/aromatic N) is 4. The molecule has 0 bridgehead atoms. The van der Waals surface area contributed by atoms with Gasteiger partial charge in [0.1, 0.15) is 17.3 Å². The van der Waals surface area contributed by atoms with Gasteiger partial charge in [0.05, 0.1) is 31.8 Å². The number of hydrogen-bond donors (Lipinski definition) is 1. The van der Waals surface area contributed by atoms with Crippen LogP contribution in [0.4, 0.5) is 5.82 Å². The molecule has 0 fully saturated rings. The lowest BCUT2D eigenvalue weighted by Gasteiger charge is -2.12. The highest BCUT2D eigenvalue weighted by molar-refractivity contribution is 7.90. The van der Waals surface area contributed by atoms with Crippen molar-refractivity contribution >= 4 is 26.7 Å². The first-order valence-corrected chi connectivity index (χ1v) is 11.2. The summed E-state index contributed by atoms with van der Waals surface area (Å²) in [5.41, 5.74) is 8.44. The fourth-order valence-corrected chi connectivity index (χ4v) is 3.78. The van der Waals surface area contributed by atoms with Crippen molar-refractivity contribution in [2.24, 2.45) is 0 Å². The molecule has 2 aromatic carbocycles. The number of nitrogens with two attached hydrogens (primary N) is 1. The third-order valence-corrected chi connectivity index (χ3v) is 5.63. The van der Waals surface area contributed by atoms with Crippen LogP contribution in [-0.2, 0) is 16.4 Å². The second-order valence-electron chi connectivity index (χ2n) is 6.92. The van der Waals surface area contributed by atoms with Gasteiger partial charge >= 0.3 is 0 Å². The zero-order chi connectivity index (χ0) is 22.2. The largest absolute Gasteiger partial charge is 0.497 e. The minimum Gasteiger partial charge on any atom is -0.497 e. The average molecular weight is 439 g/mol. The van der Waals surface area contributed by atoms with Gasteiger partial charge in [-0.2, -0.15) is 4.98 Å². The summed E-state index contributed by atoms with van der Waals surface area (Å²) in [5, 5.41) is 4.57. The van der Waals surface area contributed by atoms with Crippen molar-refractivity contribution < 1.29 is 17.9 Å². The zero-order valence-electron chi connectivity index (χ0n) is 17.2. The molecule has 4 aromatic rings. The van der Waals surface area contributed by atoms with Gasteiger partial charge < -0.3 is 15.2 Å². The number of aromatic nitrogens is 4. The van der Waals surface area contributed by atoms with Crippen molar-refractivity contribution in [3.05, 3.63) is 54.1 Å². The van der Waals surface area contributed by atoms with Crippen LogP contribution < -0.4 is 15.2 Å². The fraction of sp³-hybridized carbons (Fsp3) is 0.190. The van der Waals surface area contributed by atoms with Crippen LogP contribution in [0.1, 0.15) is 5.56 Å². The molecule has 9 nitrogen and oxygen atoms in total. The monoisotopic (exact) mass is 439 g/mol. The number of sulfone groups is 1. The summed E-state index contributed by atoms with van der Waals surface area (Å²) < 4.78 is 36.9. The first-order chi connectivity index (χ1) is 14.8. The van der Waals surface area contributed by atoms with E-state index in [9.17, 15) is 8.42 Å². The van der Waals surface area contributed by atoms with Crippen LogP contribution in [0.25, 0.3) is 22.3 Å². The Hall–Kier alpha value is -3.66. The molecular formula is C21H21N5O4S. The van der Waals surface area contributed by atoms with Gasteiger partial charge in [-0.05, 0) is 23.8 Å². The summed E-state index contributed by atoms with van der Waals surface area (Å²) in [6, 6.07) is 14.8. The molecule has 160 valence electrons. The first-order valence-electron chi connectivity index (χ1n) is 9.32. The molecule has 0 saturated carbocycles. The maximum Gasteiger partial charge on any atom is 0.249 e. The van der Waals surface area contributed by atoms with E-state index in [1.165, 1.54) is 14.2 Å². The average Bonchev–Trinajstić information content (AvgIpc) is 3.08. The Labute approximate surface area is 179 Å². The third kappa shape index (κ3) is 3.89. The molecule has 0 spiro atoms. The highest BCUT2D eigenvalue weighted by Gasteiger charge is 2.24. The molecule has 0 aliphatic carbocycles. The summed E-state index contributed by atoms with van der Waals surface area (Å²) in [4.78, 5) is 8.51. The minimum absolute atomic E-state index is 0.184. The molecule has 4 rings (SSSR count). The van der Waals surface area contributed by atoms with E-state index in [2.05, 4.69) is 15.1 Å². The number of fused-ring (bicyclic) bond motifs is 1. The lowest BCUT2D eigenvalue weighted by molar-refractivity contribution is 0.404. The van der Waals surface area contributed by atoms with Crippen LogP contribution in [0, 0.1) is 0 Å². The van der Waals surface area contributed by atoms with E-state index in [0.29, 0.717) is 40.5 Å². The molecule has 0 atom stereocenters. The number of rotatable bonds is 6. The van der Waals surface area contributed by atoms with Crippen LogP contribution >= 0.6 is 0 Å². The predicted molar refractivity (Wildman–Crippen MR) is 117 cm³/mol. The topological polar surface area (TPSA) is 122 Å². The van der Waals surface area contributed by atoms with Gasteiger partial charge in [0, 0.05) is 11.8 Å². The molecule has 2 aromatic heterocycles. The van der Waals surface area contributed by atoms with Gasteiger partial charge in [0.2, 0.25) is 15.0 Å². The second kappa shape index (κ2) is 7.88. The van der Waals surface area contributed by atoms with E-state index in [-0.39, 0.29) is 10.8 Å². The zero-order valence-corrected chi connectivity index (χ0v) is 18.0. The Morgan fingerprint density at radius 3 is 2.42 bits per heavy atom. The maximum absolute atomic E-state index is 12.3. The number of methoxy groups -OCH3 is 2. The van der Waals surface area contributed by atoms with Crippen molar-refractivity contribution in [3.8, 4) is 22.8 Å². The molecule has 2 N–H and O–H groups in total. The summed E-state index contributed by atoms with van der Waals surface area (Å²) in [6.45, 7) is 0.395. The standard InChI is InChI=1S/C21H21N5O4S/c1-29-14-9-10-16(30-2)15(11-14)18-17-19(22)26(12-13-7-5-4-6-8-13)25-20(17)24-21(23-18)31(3,27)28/h4-11H,12,22H2,1-3H3. The molecule has 2 heterocycles. The SMILES string of the molecule is COc1ccc(OC)c(-c2nc(S(C)(=O)=O)nc3nn(Cc4ccccc4)c(N)c23)c1. The first kappa shape index (κ1) is 20.6. The predicted octanol–water partition coefficient (Wildman–Crippen LogP) is 2.54.